The van der Waals surface area contributed by atoms with E-state index in [2.05, 4.69) is 10.6 Å². The summed E-state index contributed by atoms with van der Waals surface area (Å²) in [7, 11) is -1.82. The summed E-state index contributed by atoms with van der Waals surface area (Å²) in [6, 6.07) is 5.16. The fourth-order valence-electron chi connectivity index (χ4n) is 4.41. The highest BCUT2D eigenvalue weighted by Gasteiger charge is 2.34. The normalized spacial score (nSPS) is 19.1. The number of hydrogen-bond acceptors (Lipinski definition) is 5. The van der Waals surface area contributed by atoms with Gasteiger partial charge in [-0.1, -0.05) is 37.0 Å². The fourth-order valence-corrected chi connectivity index (χ4v) is 5.99. The van der Waals surface area contributed by atoms with Crippen molar-refractivity contribution in [2.45, 2.75) is 52.0 Å². The van der Waals surface area contributed by atoms with E-state index < -0.39 is 22.1 Å². The highest BCUT2D eigenvalue weighted by atomic mass is 32.2. The highest BCUT2D eigenvalue weighted by molar-refractivity contribution is 7.86. The first kappa shape index (κ1) is 24.6. The van der Waals surface area contributed by atoms with Crippen molar-refractivity contribution in [2.75, 3.05) is 45.1 Å². The Morgan fingerprint density at radius 3 is 2.34 bits per heavy atom. The van der Waals surface area contributed by atoms with E-state index in [1.165, 1.54) is 15.0 Å². The summed E-state index contributed by atoms with van der Waals surface area (Å²) in [5, 5.41) is 5.04. The summed E-state index contributed by atoms with van der Waals surface area (Å²) >= 11 is 0. The Bertz CT molecular complexity index is 922. The molecule has 1 saturated heterocycles. The van der Waals surface area contributed by atoms with Gasteiger partial charge >= 0.3 is 6.03 Å². The minimum absolute atomic E-state index is 0.0483. The molecule has 1 aromatic rings. The number of carbonyl (C=O) groups is 2. The first-order valence-corrected chi connectivity index (χ1v) is 12.7. The topological polar surface area (TPSA) is 102 Å². The van der Waals surface area contributed by atoms with Crippen molar-refractivity contribution in [1.82, 2.24) is 18.8 Å². The van der Waals surface area contributed by atoms with Crippen LogP contribution in [0.15, 0.2) is 18.2 Å². The number of imide groups is 1. The Morgan fingerprint density at radius 1 is 1.06 bits per heavy atom. The smallest absolute Gasteiger partial charge is 0.307 e. The predicted octanol–water partition coefficient (Wildman–Crippen LogP) is 2.08. The van der Waals surface area contributed by atoms with Gasteiger partial charge in [0.25, 0.3) is 10.2 Å². The van der Waals surface area contributed by atoms with Crippen molar-refractivity contribution in [3.8, 4) is 0 Å². The number of benzene rings is 1. The summed E-state index contributed by atoms with van der Waals surface area (Å²) in [5.41, 5.74) is 2.67. The number of urea groups is 1. The maximum absolute atomic E-state index is 13.0. The number of nitrogens with zero attached hydrogens (tertiary/aromatic N) is 3. The van der Waals surface area contributed by atoms with Gasteiger partial charge in [0.1, 0.15) is 0 Å². The quantitative estimate of drug-likeness (QED) is 0.670. The lowest BCUT2D eigenvalue weighted by molar-refractivity contribution is -0.121. The first-order valence-electron chi connectivity index (χ1n) is 11.3. The van der Waals surface area contributed by atoms with E-state index in [1.807, 2.05) is 30.9 Å². The van der Waals surface area contributed by atoms with Gasteiger partial charge in [-0.05, 0) is 38.3 Å². The SMILES string of the molecule is Cc1ccc(NC(=O)NC(=O)CN2CCN(S(=O)(=O)N(C)C3CCCCC3)CC2)c(C)c1. The molecule has 0 unspecified atom stereocenters. The van der Waals surface area contributed by atoms with Crippen LogP contribution < -0.4 is 10.6 Å². The minimum atomic E-state index is -3.50. The lowest BCUT2D eigenvalue weighted by Crippen LogP contribution is -2.55. The van der Waals surface area contributed by atoms with E-state index in [1.54, 1.807) is 13.1 Å². The zero-order valence-corrected chi connectivity index (χ0v) is 20.1. The summed E-state index contributed by atoms with van der Waals surface area (Å²) in [6.07, 6.45) is 5.16. The van der Waals surface area contributed by atoms with Gasteiger partial charge in [0, 0.05) is 45.0 Å². The Labute approximate surface area is 191 Å². The zero-order chi connectivity index (χ0) is 23.3. The van der Waals surface area contributed by atoms with E-state index in [0.29, 0.717) is 31.9 Å². The molecule has 1 aliphatic heterocycles. The predicted molar refractivity (Wildman–Crippen MR) is 125 cm³/mol. The highest BCUT2D eigenvalue weighted by Crippen LogP contribution is 2.25. The average Bonchev–Trinajstić information content (AvgIpc) is 2.76. The molecule has 32 heavy (non-hydrogen) atoms. The molecule has 178 valence electrons. The molecule has 3 rings (SSSR count). The van der Waals surface area contributed by atoms with E-state index in [9.17, 15) is 18.0 Å². The Hall–Kier alpha value is -2.01. The second-order valence-corrected chi connectivity index (χ2v) is 10.8. The standard InChI is InChI=1S/C22H35N5O4S/c1-17-9-10-20(18(2)15-17)23-22(29)24-21(28)16-26-11-13-27(14-12-26)32(30,31)25(3)19-7-5-4-6-8-19/h9-10,15,19H,4-8,11-14,16H2,1-3H3,(H2,23,24,28,29). The van der Waals surface area contributed by atoms with Gasteiger partial charge in [0.15, 0.2) is 0 Å². The Kier molecular flexibility index (Phi) is 8.26. The molecule has 10 heteroatoms. The summed E-state index contributed by atoms with van der Waals surface area (Å²) in [6.45, 7) is 5.48. The van der Waals surface area contributed by atoms with Crippen molar-refractivity contribution in [2.24, 2.45) is 0 Å². The molecule has 0 spiro atoms. The number of anilines is 1. The van der Waals surface area contributed by atoms with Crippen molar-refractivity contribution >= 4 is 27.8 Å². The van der Waals surface area contributed by atoms with Crippen molar-refractivity contribution in [3.05, 3.63) is 29.3 Å². The van der Waals surface area contributed by atoms with Crippen LogP contribution in [-0.2, 0) is 15.0 Å². The number of amides is 3. The van der Waals surface area contributed by atoms with Crippen molar-refractivity contribution < 1.29 is 18.0 Å². The number of piperazine rings is 1. The van der Waals surface area contributed by atoms with Crippen LogP contribution >= 0.6 is 0 Å². The van der Waals surface area contributed by atoms with Gasteiger partial charge in [-0.25, -0.2) is 4.79 Å². The van der Waals surface area contributed by atoms with Gasteiger partial charge in [-0.3, -0.25) is 15.0 Å². The van der Waals surface area contributed by atoms with Crippen LogP contribution in [0.4, 0.5) is 10.5 Å². The zero-order valence-electron chi connectivity index (χ0n) is 19.3. The Morgan fingerprint density at radius 2 is 1.72 bits per heavy atom. The summed E-state index contributed by atoms with van der Waals surface area (Å²) in [4.78, 5) is 26.3. The van der Waals surface area contributed by atoms with Crippen LogP contribution in [0, 0.1) is 13.8 Å². The maximum Gasteiger partial charge on any atom is 0.325 e. The summed E-state index contributed by atoms with van der Waals surface area (Å²) < 4.78 is 29.0. The molecule has 1 aromatic carbocycles. The summed E-state index contributed by atoms with van der Waals surface area (Å²) in [5.74, 6) is -0.414. The molecule has 0 bridgehead atoms. The number of aryl methyl sites for hydroxylation is 2. The molecule has 2 fully saturated rings. The molecule has 2 N–H and O–H groups in total. The second-order valence-electron chi connectivity index (χ2n) is 8.81. The fraction of sp³-hybridized carbons (Fsp3) is 0.636. The largest absolute Gasteiger partial charge is 0.325 e. The number of carbonyl (C=O) groups excluding carboxylic acids is 2. The molecule has 0 radical (unpaired) electrons. The third kappa shape index (κ3) is 6.28. The van der Waals surface area contributed by atoms with E-state index in [4.69, 9.17) is 0 Å². The lowest BCUT2D eigenvalue weighted by Gasteiger charge is -2.38. The van der Waals surface area contributed by atoms with Crippen LogP contribution in [0.3, 0.4) is 0 Å². The third-order valence-corrected chi connectivity index (χ3v) is 8.40. The molecule has 0 atom stereocenters. The molecule has 9 nitrogen and oxygen atoms in total. The van der Waals surface area contributed by atoms with Gasteiger partial charge in [0.05, 0.1) is 6.54 Å². The molecule has 1 heterocycles. The van der Waals surface area contributed by atoms with Crippen molar-refractivity contribution in [1.29, 1.82) is 0 Å². The van der Waals surface area contributed by atoms with E-state index in [-0.39, 0.29) is 12.6 Å². The molecular weight excluding hydrogens is 430 g/mol. The molecule has 2 aliphatic rings. The lowest BCUT2D eigenvalue weighted by atomic mass is 9.96. The van der Waals surface area contributed by atoms with Crippen molar-refractivity contribution in [3.63, 3.8) is 0 Å². The molecular formula is C22H35N5O4S. The minimum Gasteiger partial charge on any atom is -0.307 e. The van der Waals surface area contributed by atoms with Gasteiger partial charge in [-0.15, -0.1) is 0 Å². The van der Waals surface area contributed by atoms with Crippen LogP contribution in [0.25, 0.3) is 0 Å². The van der Waals surface area contributed by atoms with Gasteiger partial charge in [-0.2, -0.15) is 17.0 Å². The third-order valence-electron chi connectivity index (χ3n) is 6.36. The molecule has 3 amide bonds. The van der Waals surface area contributed by atoms with Gasteiger partial charge in [0.2, 0.25) is 5.91 Å². The van der Waals surface area contributed by atoms with Crippen LogP contribution in [-0.4, -0.2) is 79.7 Å². The monoisotopic (exact) mass is 465 g/mol. The number of rotatable bonds is 6. The maximum atomic E-state index is 13.0. The van der Waals surface area contributed by atoms with Crippen LogP contribution in [0.5, 0.6) is 0 Å². The van der Waals surface area contributed by atoms with Crippen LogP contribution in [0.2, 0.25) is 0 Å². The number of hydrogen-bond donors (Lipinski definition) is 2. The molecule has 1 aliphatic carbocycles. The van der Waals surface area contributed by atoms with E-state index in [0.717, 1.165) is 36.8 Å². The van der Waals surface area contributed by atoms with E-state index >= 15 is 0 Å². The first-order chi connectivity index (χ1) is 15.2. The molecule has 1 saturated carbocycles. The molecule has 0 aromatic heterocycles. The van der Waals surface area contributed by atoms with Crippen LogP contribution in [0.1, 0.15) is 43.2 Å². The number of nitrogens with one attached hydrogen (secondary N) is 2. The second kappa shape index (κ2) is 10.7. The Balaban J connectivity index is 1.44. The van der Waals surface area contributed by atoms with Gasteiger partial charge < -0.3 is 5.32 Å². The average molecular weight is 466 g/mol.